The van der Waals surface area contributed by atoms with Gasteiger partial charge in [0.1, 0.15) is 0 Å². The van der Waals surface area contributed by atoms with E-state index in [0.717, 1.165) is 19.6 Å². The zero-order valence-corrected chi connectivity index (χ0v) is 13.2. The molecule has 108 valence electrons. The SMILES string of the molecule is CCCC(C)(CNC)CN1CC(C)OC(C)(C)C1. The number of morpholine rings is 1. The Morgan fingerprint density at radius 1 is 1.44 bits per heavy atom. The summed E-state index contributed by atoms with van der Waals surface area (Å²) in [6.45, 7) is 15.6. The standard InChI is InChI=1S/C15H32N2O/c1-7-8-15(5,10-16-6)12-17-9-13(2)18-14(3,4)11-17/h13,16H,7-12H2,1-6H3. The average molecular weight is 256 g/mol. The van der Waals surface area contributed by atoms with E-state index >= 15 is 0 Å². The molecule has 0 amide bonds. The second-order valence-corrected chi connectivity index (χ2v) is 6.95. The van der Waals surface area contributed by atoms with Crippen LogP contribution in [-0.2, 0) is 4.74 Å². The molecule has 0 saturated carbocycles. The molecule has 0 aromatic heterocycles. The molecular weight excluding hydrogens is 224 g/mol. The van der Waals surface area contributed by atoms with Crippen LogP contribution >= 0.6 is 0 Å². The molecule has 0 aromatic rings. The maximum Gasteiger partial charge on any atom is 0.0757 e. The smallest absolute Gasteiger partial charge is 0.0757 e. The summed E-state index contributed by atoms with van der Waals surface area (Å²) in [4.78, 5) is 2.58. The Bertz CT molecular complexity index is 247. The number of ether oxygens (including phenoxy) is 1. The topological polar surface area (TPSA) is 24.5 Å². The van der Waals surface area contributed by atoms with Gasteiger partial charge in [0.15, 0.2) is 0 Å². The normalized spacial score (nSPS) is 28.0. The molecule has 1 aliphatic rings. The molecule has 0 bridgehead atoms. The molecule has 2 unspecified atom stereocenters. The number of hydrogen-bond acceptors (Lipinski definition) is 3. The van der Waals surface area contributed by atoms with E-state index in [-0.39, 0.29) is 5.60 Å². The summed E-state index contributed by atoms with van der Waals surface area (Å²) in [6.07, 6.45) is 2.87. The lowest BCUT2D eigenvalue weighted by Gasteiger charge is -2.45. The van der Waals surface area contributed by atoms with Crippen molar-refractivity contribution >= 4 is 0 Å². The second-order valence-electron chi connectivity index (χ2n) is 6.95. The monoisotopic (exact) mass is 256 g/mol. The molecule has 0 aliphatic carbocycles. The first-order chi connectivity index (χ1) is 8.30. The molecule has 0 spiro atoms. The Morgan fingerprint density at radius 2 is 2.11 bits per heavy atom. The van der Waals surface area contributed by atoms with Crippen molar-refractivity contribution < 1.29 is 4.74 Å². The zero-order chi connectivity index (χ0) is 13.8. The Balaban J connectivity index is 2.63. The number of nitrogens with zero attached hydrogens (tertiary/aromatic N) is 1. The molecule has 1 rings (SSSR count). The van der Waals surface area contributed by atoms with Crippen LogP contribution in [0, 0.1) is 5.41 Å². The van der Waals surface area contributed by atoms with Gasteiger partial charge in [-0.25, -0.2) is 0 Å². The maximum absolute atomic E-state index is 5.98. The second kappa shape index (κ2) is 6.36. The molecular formula is C15H32N2O. The lowest BCUT2D eigenvalue weighted by atomic mass is 9.84. The van der Waals surface area contributed by atoms with Crippen LogP contribution in [0.1, 0.15) is 47.5 Å². The van der Waals surface area contributed by atoms with Crippen LogP contribution in [0.15, 0.2) is 0 Å². The van der Waals surface area contributed by atoms with E-state index in [1.165, 1.54) is 19.4 Å². The minimum Gasteiger partial charge on any atom is -0.370 e. The Hall–Kier alpha value is -0.120. The summed E-state index contributed by atoms with van der Waals surface area (Å²) in [5, 5.41) is 3.36. The Morgan fingerprint density at radius 3 is 2.61 bits per heavy atom. The molecule has 0 aromatic carbocycles. The molecule has 1 aliphatic heterocycles. The van der Waals surface area contributed by atoms with Gasteiger partial charge in [0.25, 0.3) is 0 Å². The zero-order valence-electron chi connectivity index (χ0n) is 13.2. The van der Waals surface area contributed by atoms with Crippen LogP contribution in [-0.4, -0.2) is 49.8 Å². The van der Waals surface area contributed by atoms with Gasteiger partial charge in [-0.15, -0.1) is 0 Å². The largest absolute Gasteiger partial charge is 0.370 e. The van der Waals surface area contributed by atoms with Crippen LogP contribution in [0.5, 0.6) is 0 Å². The fourth-order valence-electron chi connectivity index (χ4n) is 3.50. The third kappa shape index (κ3) is 4.87. The highest BCUT2D eigenvalue weighted by atomic mass is 16.5. The molecule has 1 heterocycles. The van der Waals surface area contributed by atoms with Gasteiger partial charge in [-0.1, -0.05) is 20.3 Å². The first kappa shape index (κ1) is 15.9. The highest BCUT2D eigenvalue weighted by molar-refractivity contribution is 4.87. The fraction of sp³-hybridized carbons (Fsp3) is 1.00. The van der Waals surface area contributed by atoms with Gasteiger partial charge < -0.3 is 10.1 Å². The van der Waals surface area contributed by atoms with E-state index in [0.29, 0.717) is 11.5 Å². The first-order valence-corrected chi connectivity index (χ1v) is 7.35. The highest BCUT2D eigenvalue weighted by Gasteiger charge is 2.34. The van der Waals surface area contributed by atoms with Gasteiger partial charge >= 0.3 is 0 Å². The van der Waals surface area contributed by atoms with Gasteiger partial charge in [-0.05, 0) is 39.7 Å². The number of rotatable bonds is 6. The van der Waals surface area contributed by atoms with Gasteiger partial charge in [0, 0.05) is 26.2 Å². The molecule has 1 saturated heterocycles. The van der Waals surface area contributed by atoms with E-state index in [4.69, 9.17) is 4.74 Å². The Kier molecular flexibility index (Phi) is 5.63. The van der Waals surface area contributed by atoms with Gasteiger partial charge in [0.2, 0.25) is 0 Å². The van der Waals surface area contributed by atoms with Crippen molar-refractivity contribution in [2.24, 2.45) is 5.41 Å². The number of nitrogens with one attached hydrogen (secondary N) is 1. The summed E-state index contributed by atoms with van der Waals surface area (Å²) < 4.78 is 5.98. The van der Waals surface area contributed by atoms with Crippen LogP contribution in [0.25, 0.3) is 0 Å². The molecule has 1 fully saturated rings. The van der Waals surface area contributed by atoms with Crippen LogP contribution in [0.2, 0.25) is 0 Å². The van der Waals surface area contributed by atoms with E-state index in [2.05, 4.69) is 51.9 Å². The van der Waals surface area contributed by atoms with Crippen molar-refractivity contribution in [2.45, 2.75) is 59.2 Å². The average Bonchev–Trinajstić information content (AvgIpc) is 2.13. The van der Waals surface area contributed by atoms with Gasteiger partial charge in [-0.2, -0.15) is 0 Å². The van der Waals surface area contributed by atoms with Gasteiger partial charge in [0.05, 0.1) is 11.7 Å². The van der Waals surface area contributed by atoms with Crippen molar-refractivity contribution in [3.05, 3.63) is 0 Å². The minimum atomic E-state index is -0.00949. The minimum absolute atomic E-state index is 0.00949. The van der Waals surface area contributed by atoms with E-state index in [9.17, 15) is 0 Å². The predicted molar refractivity (Wildman–Crippen MR) is 78.0 cm³/mol. The highest BCUT2D eigenvalue weighted by Crippen LogP contribution is 2.28. The van der Waals surface area contributed by atoms with Crippen molar-refractivity contribution in [2.75, 3.05) is 33.2 Å². The Labute approximate surface area is 113 Å². The third-order valence-corrected chi connectivity index (χ3v) is 3.70. The summed E-state index contributed by atoms with van der Waals surface area (Å²) >= 11 is 0. The van der Waals surface area contributed by atoms with Crippen LogP contribution in [0.4, 0.5) is 0 Å². The molecule has 3 nitrogen and oxygen atoms in total. The fourth-order valence-corrected chi connectivity index (χ4v) is 3.50. The van der Waals surface area contributed by atoms with Crippen molar-refractivity contribution in [1.82, 2.24) is 10.2 Å². The van der Waals surface area contributed by atoms with E-state index < -0.39 is 0 Å². The maximum atomic E-state index is 5.98. The molecule has 0 radical (unpaired) electrons. The lowest BCUT2D eigenvalue weighted by Crippen LogP contribution is -2.55. The summed E-state index contributed by atoms with van der Waals surface area (Å²) in [5.41, 5.74) is 0.362. The summed E-state index contributed by atoms with van der Waals surface area (Å²) in [6, 6.07) is 0. The predicted octanol–water partition coefficient (Wildman–Crippen LogP) is 2.51. The molecule has 2 atom stereocenters. The van der Waals surface area contributed by atoms with E-state index in [1.54, 1.807) is 0 Å². The molecule has 3 heteroatoms. The van der Waals surface area contributed by atoms with Crippen molar-refractivity contribution in [3.63, 3.8) is 0 Å². The lowest BCUT2D eigenvalue weighted by molar-refractivity contribution is -0.134. The van der Waals surface area contributed by atoms with Crippen molar-refractivity contribution in [1.29, 1.82) is 0 Å². The van der Waals surface area contributed by atoms with Crippen LogP contribution < -0.4 is 5.32 Å². The summed E-state index contributed by atoms with van der Waals surface area (Å²) in [7, 11) is 2.06. The van der Waals surface area contributed by atoms with Crippen LogP contribution in [0.3, 0.4) is 0 Å². The molecule has 18 heavy (non-hydrogen) atoms. The molecule has 1 N–H and O–H groups in total. The third-order valence-electron chi connectivity index (χ3n) is 3.70. The van der Waals surface area contributed by atoms with Gasteiger partial charge in [-0.3, -0.25) is 4.90 Å². The first-order valence-electron chi connectivity index (χ1n) is 7.35. The summed E-state index contributed by atoms with van der Waals surface area (Å²) in [5.74, 6) is 0. The van der Waals surface area contributed by atoms with Crippen molar-refractivity contribution in [3.8, 4) is 0 Å². The quantitative estimate of drug-likeness (QED) is 0.790. The number of hydrogen-bond donors (Lipinski definition) is 1. The van der Waals surface area contributed by atoms with E-state index in [1.807, 2.05) is 0 Å².